The standard InChI is InChI=1S/C30H32F2N4O4/c31-30(32)11-4-7-24(18-30)36(23-5-2-1-3-6-23)26(37)19-29(27(38)39)12-15-34(16-13-29)28(40)35-14-10-22-9-8-21(20-33)17-25(22)35/h1-3,5-6,8-9,17,24H,4,7,10-16,18-19H2,(H,38,39). The van der Waals surface area contributed by atoms with Crippen LogP contribution in [-0.4, -0.2) is 59.5 Å². The number of para-hydroxylation sites is 1. The van der Waals surface area contributed by atoms with E-state index in [1.54, 1.807) is 52.3 Å². The number of halogens is 2. The van der Waals surface area contributed by atoms with Gasteiger partial charge in [0, 0.05) is 56.3 Å². The van der Waals surface area contributed by atoms with Crippen LogP contribution >= 0.6 is 0 Å². The molecule has 0 aromatic heterocycles. The SMILES string of the molecule is N#Cc1ccc2c(c1)N(C(=O)N1CCC(CC(=O)N(c3ccccc3)C3CCCC(F)(F)C3)(C(=O)O)CC1)CC2. The van der Waals surface area contributed by atoms with Gasteiger partial charge >= 0.3 is 12.0 Å². The Balaban J connectivity index is 1.32. The van der Waals surface area contributed by atoms with Crippen molar-refractivity contribution in [1.82, 2.24) is 4.90 Å². The van der Waals surface area contributed by atoms with E-state index in [0.29, 0.717) is 36.3 Å². The highest BCUT2D eigenvalue weighted by atomic mass is 19.3. The average Bonchev–Trinajstić information content (AvgIpc) is 3.36. The van der Waals surface area contributed by atoms with Crippen molar-refractivity contribution in [3.63, 3.8) is 0 Å². The number of piperidine rings is 1. The number of benzene rings is 2. The van der Waals surface area contributed by atoms with Crippen molar-refractivity contribution in [2.24, 2.45) is 5.41 Å². The van der Waals surface area contributed by atoms with Gasteiger partial charge in [0.15, 0.2) is 0 Å². The largest absolute Gasteiger partial charge is 0.481 e. The maximum Gasteiger partial charge on any atom is 0.324 e. The van der Waals surface area contributed by atoms with Crippen molar-refractivity contribution in [3.8, 4) is 6.07 Å². The molecule has 8 nitrogen and oxygen atoms in total. The van der Waals surface area contributed by atoms with Gasteiger partial charge in [-0.2, -0.15) is 5.26 Å². The molecule has 3 aliphatic rings. The summed E-state index contributed by atoms with van der Waals surface area (Å²) in [6, 6.07) is 15.0. The summed E-state index contributed by atoms with van der Waals surface area (Å²) >= 11 is 0. The van der Waals surface area contributed by atoms with Gasteiger partial charge in [0.05, 0.1) is 17.0 Å². The van der Waals surface area contributed by atoms with Crippen LogP contribution in [0, 0.1) is 16.7 Å². The minimum absolute atomic E-state index is 0.0716. The summed E-state index contributed by atoms with van der Waals surface area (Å²) in [7, 11) is 0. The van der Waals surface area contributed by atoms with Gasteiger partial charge in [-0.15, -0.1) is 0 Å². The Morgan fingerprint density at radius 2 is 1.77 bits per heavy atom. The molecule has 1 atom stereocenters. The summed E-state index contributed by atoms with van der Waals surface area (Å²) < 4.78 is 28.7. The molecular formula is C30H32F2N4O4. The van der Waals surface area contributed by atoms with E-state index in [-0.39, 0.29) is 51.2 Å². The smallest absolute Gasteiger partial charge is 0.324 e. The van der Waals surface area contributed by atoms with Crippen molar-refractivity contribution in [1.29, 1.82) is 5.26 Å². The van der Waals surface area contributed by atoms with Crippen molar-refractivity contribution < 1.29 is 28.3 Å². The minimum atomic E-state index is -2.88. The third-order valence-corrected chi connectivity index (χ3v) is 8.56. The molecule has 210 valence electrons. The maximum absolute atomic E-state index is 14.3. The number of likely N-dealkylation sites (tertiary alicyclic amines) is 1. The lowest BCUT2D eigenvalue weighted by atomic mass is 9.75. The van der Waals surface area contributed by atoms with Gasteiger partial charge in [-0.1, -0.05) is 24.3 Å². The average molecular weight is 551 g/mol. The molecule has 1 aliphatic carbocycles. The van der Waals surface area contributed by atoms with E-state index in [1.807, 2.05) is 6.07 Å². The van der Waals surface area contributed by atoms with Crippen LogP contribution in [0.25, 0.3) is 0 Å². The number of aliphatic carboxylic acids is 1. The summed E-state index contributed by atoms with van der Waals surface area (Å²) in [6.07, 6.45) is 0.505. The van der Waals surface area contributed by atoms with Crippen LogP contribution in [0.2, 0.25) is 0 Å². The molecule has 2 aliphatic heterocycles. The number of alkyl halides is 2. The minimum Gasteiger partial charge on any atom is -0.481 e. The fourth-order valence-corrected chi connectivity index (χ4v) is 6.30. The van der Waals surface area contributed by atoms with E-state index < -0.39 is 35.7 Å². The van der Waals surface area contributed by atoms with Gasteiger partial charge in [0.2, 0.25) is 11.8 Å². The Labute approximate surface area is 231 Å². The fraction of sp³-hybridized carbons (Fsp3) is 0.467. The van der Waals surface area contributed by atoms with Gasteiger partial charge in [-0.3, -0.25) is 14.5 Å². The summed E-state index contributed by atoms with van der Waals surface area (Å²) in [6.45, 7) is 0.768. The second kappa shape index (κ2) is 10.9. The van der Waals surface area contributed by atoms with E-state index in [0.717, 1.165) is 5.56 Å². The molecule has 5 rings (SSSR count). The van der Waals surface area contributed by atoms with E-state index in [9.17, 15) is 33.5 Å². The predicted molar refractivity (Wildman–Crippen MR) is 144 cm³/mol. The molecule has 0 radical (unpaired) electrons. The number of carbonyl (C=O) groups is 3. The molecule has 2 fully saturated rings. The van der Waals surface area contributed by atoms with Crippen molar-refractivity contribution >= 4 is 29.3 Å². The number of fused-ring (bicyclic) bond motifs is 1. The summed E-state index contributed by atoms with van der Waals surface area (Å²) in [5.41, 5.74) is 1.20. The molecule has 1 unspecified atom stereocenters. The third kappa shape index (κ3) is 5.37. The zero-order valence-electron chi connectivity index (χ0n) is 22.2. The number of nitrogens with zero attached hydrogens (tertiary/aromatic N) is 4. The highest BCUT2D eigenvalue weighted by molar-refractivity contribution is 5.97. The van der Waals surface area contributed by atoms with E-state index >= 15 is 0 Å². The maximum atomic E-state index is 14.3. The Morgan fingerprint density at radius 1 is 1.05 bits per heavy atom. The fourth-order valence-electron chi connectivity index (χ4n) is 6.30. The molecule has 3 amide bonds. The molecule has 1 saturated heterocycles. The zero-order chi connectivity index (χ0) is 28.5. The summed E-state index contributed by atoms with van der Waals surface area (Å²) in [5, 5.41) is 19.5. The highest BCUT2D eigenvalue weighted by Crippen LogP contribution is 2.41. The van der Waals surface area contributed by atoms with Crippen LogP contribution in [0.15, 0.2) is 48.5 Å². The lowest BCUT2D eigenvalue weighted by Gasteiger charge is -2.42. The molecular weight excluding hydrogens is 518 g/mol. The first-order valence-electron chi connectivity index (χ1n) is 13.7. The monoisotopic (exact) mass is 550 g/mol. The van der Waals surface area contributed by atoms with Crippen LogP contribution in [0.4, 0.5) is 25.0 Å². The molecule has 40 heavy (non-hydrogen) atoms. The number of hydrogen-bond donors (Lipinski definition) is 1. The third-order valence-electron chi connectivity index (χ3n) is 8.56. The van der Waals surface area contributed by atoms with Gasteiger partial charge in [0.1, 0.15) is 0 Å². The van der Waals surface area contributed by atoms with E-state index in [1.165, 1.54) is 4.90 Å². The van der Waals surface area contributed by atoms with Gasteiger partial charge < -0.3 is 14.9 Å². The molecule has 10 heteroatoms. The van der Waals surface area contributed by atoms with Crippen molar-refractivity contribution in [2.45, 2.75) is 63.3 Å². The van der Waals surface area contributed by atoms with E-state index in [4.69, 9.17) is 0 Å². The van der Waals surface area contributed by atoms with Crippen molar-refractivity contribution in [2.75, 3.05) is 29.4 Å². The first kappa shape index (κ1) is 27.6. The highest BCUT2D eigenvalue weighted by Gasteiger charge is 2.47. The van der Waals surface area contributed by atoms with Crippen LogP contribution in [0.5, 0.6) is 0 Å². The van der Waals surface area contributed by atoms with Gasteiger partial charge in [-0.05, 0) is 61.9 Å². The Hall–Kier alpha value is -4.00. The van der Waals surface area contributed by atoms with E-state index in [2.05, 4.69) is 6.07 Å². The zero-order valence-corrected chi connectivity index (χ0v) is 22.2. The Morgan fingerprint density at radius 3 is 2.42 bits per heavy atom. The second-order valence-corrected chi connectivity index (χ2v) is 11.1. The molecule has 2 aromatic rings. The molecule has 1 N–H and O–H groups in total. The van der Waals surface area contributed by atoms with Gasteiger partial charge in [-0.25, -0.2) is 13.6 Å². The summed E-state index contributed by atoms with van der Waals surface area (Å²) in [5.74, 6) is -4.50. The number of carboxylic acid groups (broad SMARTS) is 1. The predicted octanol–water partition coefficient (Wildman–Crippen LogP) is 5.21. The number of nitriles is 1. The first-order valence-corrected chi connectivity index (χ1v) is 13.7. The number of anilines is 2. The van der Waals surface area contributed by atoms with Crippen LogP contribution < -0.4 is 9.80 Å². The molecule has 2 aromatic carbocycles. The molecule has 1 saturated carbocycles. The molecule has 0 spiro atoms. The number of carboxylic acids is 1. The van der Waals surface area contributed by atoms with Crippen LogP contribution in [-0.2, 0) is 16.0 Å². The quantitative estimate of drug-likeness (QED) is 0.551. The topological polar surface area (TPSA) is 105 Å². The molecule has 2 heterocycles. The first-order chi connectivity index (χ1) is 19.1. The Bertz CT molecular complexity index is 1330. The number of urea groups is 1. The van der Waals surface area contributed by atoms with Gasteiger partial charge in [0.25, 0.3) is 0 Å². The number of hydrogen-bond acceptors (Lipinski definition) is 4. The van der Waals surface area contributed by atoms with Crippen molar-refractivity contribution in [3.05, 3.63) is 59.7 Å². The van der Waals surface area contributed by atoms with Crippen LogP contribution in [0.1, 0.15) is 56.1 Å². The number of amides is 3. The lowest BCUT2D eigenvalue weighted by Crippen LogP contribution is -2.53. The number of rotatable bonds is 5. The molecule has 0 bridgehead atoms. The normalized spacial score (nSPS) is 21.3. The Kier molecular flexibility index (Phi) is 7.49. The van der Waals surface area contributed by atoms with Crippen LogP contribution in [0.3, 0.4) is 0 Å². The number of carbonyl (C=O) groups excluding carboxylic acids is 2. The lowest BCUT2D eigenvalue weighted by molar-refractivity contribution is -0.154. The second-order valence-electron chi connectivity index (χ2n) is 11.1. The summed E-state index contributed by atoms with van der Waals surface area (Å²) in [4.78, 5) is 44.3.